The number of nitrogens with one attached hydrogen (secondary N) is 3. The largest absolute Gasteiger partial charge is 0.392 e. The van der Waals surface area contributed by atoms with Gasteiger partial charge in [-0.25, -0.2) is 0 Å². The van der Waals surface area contributed by atoms with Crippen molar-refractivity contribution >= 4 is 5.91 Å². The molecule has 5 unspecified atom stereocenters. The third-order valence-electron chi connectivity index (χ3n) is 7.82. The molecular weight excluding hydrogens is 459 g/mol. The van der Waals surface area contributed by atoms with E-state index in [0.717, 1.165) is 25.7 Å². The first-order valence-electron chi connectivity index (χ1n) is 13.5. The highest BCUT2D eigenvalue weighted by atomic mass is 19.1. The number of hydrogen-bond donors (Lipinski definition) is 5. The lowest BCUT2D eigenvalue weighted by atomic mass is 9.82. The third kappa shape index (κ3) is 6.28. The predicted molar refractivity (Wildman–Crippen MR) is 139 cm³/mol. The molecule has 36 heavy (non-hydrogen) atoms. The van der Waals surface area contributed by atoms with Crippen LogP contribution < -0.4 is 16.0 Å². The number of allylic oxidation sites excluding steroid dienone is 2. The van der Waals surface area contributed by atoms with E-state index in [0.29, 0.717) is 25.9 Å². The normalized spacial score (nSPS) is 29.1. The molecule has 0 spiro atoms. The molecule has 2 aliphatic heterocycles. The maximum absolute atomic E-state index is 15.2. The van der Waals surface area contributed by atoms with Crippen LogP contribution in [0, 0.1) is 5.41 Å². The van der Waals surface area contributed by atoms with E-state index in [4.69, 9.17) is 0 Å². The number of carbonyl (C=O) groups excluding carboxylic acids is 1. The van der Waals surface area contributed by atoms with E-state index in [1.165, 1.54) is 12.0 Å². The molecule has 2 heterocycles. The number of carbonyl (C=O) groups is 1. The Morgan fingerprint density at radius 1 is 1.22 bits per heavy atom. The van der Waals surface area contributed by atoms with Gasteiger partial charge in [0.1, 0.15) is 12.3 Å². The molecule has 0 aromatic carbocycles. The van der Waals surface area contributed by atoms with Crippen LogP contribution in [-0.4, -0.2) is 70.6 Å². The van der Waals surface area contributed by atoms with Gasteiger partial charge in [0, 0.05) is 24.7 Å². The number of hydrogen-bond acceptors (Lipinski definition) is 6. The first-order valence-corrected chi connectivity index (χ1v) is 13.5. The minimum Gasteiger partial charge on any atom is -0.392 e. The Kier molecular flexibility index (Phi) is 8.71. The van der Waals surface area contributed by atoms with Crippen LogP contribution >= 0.6 is 0 Å². The number of amides is 1. The summed E-state index contributed by atoms with van der Waals surface area (Å²) in [5.41, 5.74) is 1.42. The minimum absolute atomic E-state index is 0.0282. The summed E-state index contributed by atoms with van der Waals surface area (Å²) in [5.74, 6) is -0.752. The SMILES string of the molecule is CC(C)(C)C1=CCC(N(C(=O)C2CC(O)CN2)C(C2=C(F)NCC=C2)C(O)NC2CCCCC2)C=C1. The topological polar surface area (TPSA) is 96.9 Å². The van der Waals surface area contributed by atoms with Gasteiger partial charge in [-0.2, -0.15) is 4.39 Å². The zero-order valence-corrected chi connectivity index (χ0v) is 21.8. The van der Waals surface area contributed by atoms with Gasteiger partial charge < -0.3 is 25.7 Å². The number of rotatable bonds is 7. The van der Waals surface area contributed by atoms with E-state index >= 15 is 4.39 Å². The maximum Gasteiger partial charge on any atom is 0.240 e. The van der Waals surface area contributed by atoms with Gasteiger partial charge in [0.05, 0.1) is 18.2 Å². The Morgan fingerprint density at radius 2 is 1.97 bits per heavy atom. The highest BCUT2D eigenvalue weighted by molar-refractivity contribution is 5.84. The first-order chi connectivity index (χ1) is 17.1. The summed E-state index contributed by atoms with van der Waals surface area (Å²) >= 11 is 0. The van der Waals surface area contributed by atoms with Gasteiger partial charge in [-0.05, 0) is 36.7 Å². The standard InChI is InChI=1S/C28H43FN4O3/c1-28(2,3)18-11-13-20(14-12-18)33(27(36)23-16-21(34)17-31-23)24(22-10-7-15-30-25(22)29)26(35)32-19-8-5-4-6-9-19/h7,10-13,19-21,23-24,26,30-32,34-35H,4-6,8-9,14-17H2,1-3H3. The molecular formula is C28H43FN4O3. The second-order valence-electron chi connectivity index (χ2n) is 11.6. The summed E-state index contributed by atoms with van der Waals surface area (Å²) in [5, 5.41) is 30.9. The summed E-state index contributed by atoms with van der Waals surface area (Å²) in [6, 6.07) is -1.75. The highest BCUT2D eigenvalue weighted by Gasteiger charge is 2.43. The van der Waals surface area contributed by atoms with E-state index < -0.39 is 30.4 Å². The smallest absolute Gasteiger partial charge is 0.240 e. The van der Waals surface area contributed by atoms with Crippen LogP contribution in [0.5, 0.6) is 0 Å². The molecule has 2 aliphatic carbocycles. The van der Waals surface area contributed by atoms with Crippen molar-refractivity contribution in [1.82, 2.24) is 20.9 Å². The molecule has 8 heteroatoms. The summed E-state index contributed by atoms with van der Waals surface area (Å²) in [7, 11) is 0. The van der Waals surface area contributed by atoms with Gasteiger partial charge in [0.2, 0.25) is 5.91 Å². The lowest BCUT2D eigenvalue weighted by Gasteiger charge is -2.43. The Morgan fingerprint density at radius 3 is 2.56 bits per heavy atom. The molecule has 0 bridgehead atoms. The average Bonchev–Trinajstić information content (AvgIpc) is 3.29. The molecule has 7 nitrogen and oxygen atoms in total. The van der Waals surface area contributed by atoms with Crippen molar-refractivity contribution in [3.8, 4) is 0 Å². The van der Waals surface area contributed by atoms with Crippen molar-refractivity contribution < 1.29 is 19.4 Å². The van der Waals surface area contributed by atoms with Gasteiger partial charge in [0.15, 0.2) is 5.95 Å². The van der Waals surface area contributed by atoms with E-state index in [1.54, 1.807) is 11.0 Å². The summed E-state index contributed by atoms with van der Waals surface area (Å²) < 4.78 is 15.2. The number of nitrogens with zero attached hydrogens (tertiary/aromatic N) is 1. The summed E-state index contributed by atoms with van der Waals surface area (Å²) in [4.78, 5) is 15.7. The monoisotopic (exact) mass is 502 g/mol. The molecule has 4 aliphatic rings. The predicted octanol–water partition coefficient (Wildman–Crippen LogP) is 2.79. The number of aliphatic hydroxyl groups excluding tert-OH is 2. The van der Waals surface area contributed by atoms with Crippen LogP contribution in [0.25, 0.3) is 0 Å². The van der Waals surface area contributed by atoms with E-state index in [9.17, 15) is 15.0 Å². The number of halogens is 1. The van der Waals surface area contributed by atoms with Crippen LogP contribution in [0.1, 0.15) is 65.7 Å². The molecule has 1 saturated heterocycles. The number of aliphatic hydroxyl groups is 2. The third-order valence-corrected chi connectivity index (χ3v) is 7.82. The van der Waals surface area contributed by atoms with E-state index in [2.05, 4.69) is 42.8 Å². The first kappa shape index (κ1) is 27.0. The molecule has 0 radical (unpaired) electrons. The Bertz CT molecular complexity index is 916. The summed E-state index contributed by atoms with van der Waals surface area (Å²) in [6.07, 6.45) is 14.1. The molecule has 5 atom stereocenters. The molecule has 1 amide bonds. The fourth-order valence-electron chi connectivity index (χ4n) is 5.78. The van der Waals surface area contributed by atoms with Crippen molar-refractivity contribution in [1.29, 1.82) is 0 Å². The second kappa shape index (κ2) is 11.6. The Hall–Kier alpha value is -2.00. The van der Waals surface area contributed by atoms with Crippen LogP contribution in [0.3, 0.4) is 0 Å². The van der Waals surface area contributed by atoms with Crippen molar-refractivity contribution in [3.05, 3.63) is 47.5 Å². The Balaban J connectivity index is 1.70. The van der Waals surface area contributed by atoms with Gasteiger partial charge in [-0.3, -0.25) is 10.1 Å². The quantitative estimate of drug-likeness (QED) is 0.271. The average molecular weight is 503 g/mol. The highest BCUT2D eigenvalue weighted by Crippen LogP contribution is 2.33. The van der Waals surface area contributed by atoms with Crippen LogP contribution in [0.2, 0.25) is 0 Å². The maximum atomic E-state index is 15.2. The molecule has 0 aromatic heterocycles. The Labute approximate surface area is 214 Å². The lowest BCUT2D eigenvalue weighted by molar-refractivity contribution is -0.139. The molecule has 1 saturated carbocycles. The van der Waals surface area contributed by atoms with E-state index in [1.807, 2.05) is 18.2 Å². The van der Waals surface area contributed by atoms with Gasteiger partial charge in [-0.1, -0.05) is 70.4 Å². The van der Waals surface area contributed by atoms with Crippen molar-refractivity contribution in [3.63, 3.8) is 0 Å². The van der Waals surface area contributed by atoms with Crippen molar-refractivity contribution in [2.45, 2.75) is 102 Å². The fourth-order valence-corrected chi connectivity index (χ4v) is 5.78. The fraction of sp³-hybridized carbons (Fsp3) is 0.679. The molecule has 4 rings (SSSR count). The number of β-amino-alcohol motifs (C(OH)–C–C–N with tert-alkyl or cyclic N) is 1. The van der Waals surface area contributed by atoms with E-state index in [-0.39, 0.29) is 29.0 Å². The lowest BCUT2D eigenvalue weighted by Crippen LogP contribution is -2.61. The zero-order chi connectivity index (χ0) is 25.9. The van der Waals surface area contributed by atoms with Gasteiger partial charge in [0.25, 0.3) is 0 Å². The van der Waals surface area contributed by atoms with Crippen LogP contribution in [0.4, 0.5) is 4.39 Å². The second-order valence-corrected chi connectivity index (χ2v) is 11.6. The van der Waals surface area contributed by atoms with Crippen LogP contribution in [0.15, 0.2) is 47.5 Å². The molecule has 200 valence electrons. The molecule has 2 fully saturated rings. The molecule has 0 aromatic rings. The minimum atomic E-state index is -1.14. The number of dihydropyridines is 1. The van der Waals surface area contributed by atoms with Gasteiger partial charge >= 0.3 is 0 Å². The molecule has 5 N–H and O–H groups in total. The van der Waals surface area contributed by atoms with Crippen molar-refractivity contribution in [2.24, 2.45) is 5.41 Å². The summed E-state index contributed by atoms with van der Waals surface area (Å²) in [6.45, 7) is 7.14. The van der Waals surface area contributed by atoms with Crippen LogP contribution in [-0.2, 0) is 4.79 Å². The zero-order valence-electron chi connectivity index (χ0n) is 21.8. The van der Waals surface area contributed by atoms with Gasteiger partial charge in [-0.15, -0.1) is 0 Å². The van der Waals surface area contributed by atoms with Crippen molar-refractivity contribution in [2.75, 3.05) is 13.1 Å².